The van der Waals surface area contributed by atoms with Crippen molar-refractivity contribution in [1.82, 2.24) is 3.97 Å². The number of para-hydroxylation sites is 1. The molecule has 0 aliphatic rings. The van der Waals surface area contributed by atoms with Crippen molar-refractivity contribution in [3.63, 3.8) is 0 Å². The third kappa shape index (κ3) is 2.35. The molecule has 2 heterocycles. The minimum atomic E-state index is -3.79. The van der Waals surface area contributed by atoms with E-state index >= 15 is 0 Å². The molecule has 0 N–H and O–H groups in total. The fraction of sp³-hybridized carbons (Fsp3) is 0.0556. The minimum absolute atomic E-state index is 0.200. The summed E-state index contributed by atoms with van der Waals surface area (Å²) in [4.78, 5) is 13.0. The van der Waals surface area contributed by atoms with Gasteiger partial charge in [-0.1, -0.05) is 36.4 Å². The fourth-order valence-corrected chi connectivity index (χ4v) is 5.72. The third-order valence-electron chi connectivity index (χ3n) is 3.98. The van der Waals surface area contributed by atoms with E-state index in [0.717, 1.165) is 22.1 Å². The number of hydrogen-bond acceptors (Lipinski definition) is 5. The van der Waals surface area contributed by atoms with Gasteiger partial charge in [0.25, 0.3) is 10.0 Å². The van der Waals surface area contributed by atoms with Crippen molar-refractivity contribution in [2.24, 2.45) is 0 Å². The Morgan fingerprint density at radius 1 is 1.00 bits per heavy atom. The maximum absolute atomic E-state index is 13.2. The van der Waals surface area contributed by atoms with Gasteiger partial charge in [-0.3, -0.25) is 0 Å². The highest BCUT2D eigenvalue weighted by Crippen LogP contribution is 2.37. The topological polar surface area (TPSA) is 65.4 Å². The number of fused-ring (bicyclic) bond motifs is 3. The molecule has 0 bridgehead atoms. The van der Waals surface area contributed by atoms with Gasteiger partial charge in [0.15, 0.2) is 0 Å². The van der Waals surface area contributed by atoms with E-state index in [-0.39, 0.29) is 4.90 Å². The molecular weight excluding hydrogens is 358 g/mol. The molecule has 0 unspecified atom stereocenters. The number of carbonyl (C=O) groups is 1. The van der Waals surface area contributed by atoms with Crippen LogP contribution in [0.3, 0.4) is 0 Å². The molecule has 0 atom stereocenters. The standard InChI is InChI=1S/C18H13NO4S2/c1-23-18(20)16-11-14-13-9-5-6-10-15(13)19(17(14)24-16)25(21,22)12-7-3-2-4-8-12/h2-11H,1H3. The van der Waals surface area contributed by atoms with Gasteiger partial charge in [-0.25, -0.2) is 17.2 Å². The van der Waals surface area contributed by atoms with Crippen molar-refractivity contribution < 1.29 is 17.9 Å². The van der Waals surface area contributed by atoms with Gasteiger partial charge >= 0.3 is 5.97 Å². The van der Waals surface area contributed by atoms with Crippen molar-refractivity contribution >= 4 is 48.4 Å². The molecule has 0 saturated heterocycles. The number of thiophene rings is 1. The minimum Gasteiger partial charge on any atom is -0.465 e. The number of hydrogen-bond donors (Lipinski definition) is 0. The maximum atomic E-state index is 13.2. The molecule has 2 aromatic heterocycles. The van der Waals surface area contributed by atoms with Gasteiger partial charge in [-0.15, -0.1) is 11.3 Å². The summed E-state index contributed by atoms with van der Waals surface area (Å²) < 4.78 is 32.5. The molecule has 0 aliphatic heterocycles. The van der Waals surface area contributed by atoms with Crippen molar-refractivity contribution in [2.75, 3.05) is 7.11 Å². The molecule has 0 saturated carbocycles. The smallest absolute Gasteiger partial charge is 0.348 e. The molecule has 0 amide bonds. The first kappa shape index (κ1) is 15.9. The first-order valence-corrected chi connectivity index (χ1v) is 9.71. The summed E-state index contributed by atoms with van der Waals surface area (Å²) in [5.41, 5.74) is 0.587. The molecule has 0 radical (unpaired) electrons. The Bertz CT molecular complexity index is 1200. The Labute approximate surface area is 148 Å². The van der Waals surface area contributed by atoms with Gasteiger partial charge < -0.3 is 4.74 Å². The lowest BCUT2D eigenvalue weighted by Crippen LogP contribution is -2.12. The summed E-state index contributed by atoms with van der Waals surface area (Å²) in [5, 5.41) is 1.50. The number of benzene rings is 2. The highest BCUT2D eigenvalue weighted by molar-refractivity contribution is 7.90. The molecule has 7 heteroatoms. The summed E-state index contributed by atoms with van der Waals surface area (Å²) in [6.07, 6.45) is 0. The second kappa shape index (κ2) is 5.72. The maximum Gasteiger partial charge on any atom is 0.348 e. The van der Waals surface area contributed by atoms with Crippen LogP contribution in [-0.2, 0) is 14.8 Å². The highest BCUT2D eigenvalue weighted by Gasteiger charge is 2.25. The molecule has 0 spiro atoms. The number of aromatic nitrogens is 1. The van der Waals surface area contributed by atoms with Crippen molar-refractivity contribution in [2.45, 2.75) is 4.90 Å². The van der Waals surface area contributed by atoms with Crippen LogP contribution in [0.5, 0.6) is 0 Å². The molecule has 5 nitrogen and oxygen atoms in total. The predicted octanol–water partition coefficient (Wildman–Crippen LogP) is 3.88. The molecule has 4 rings (SSSR count). The van der Waals surface area contributed by atoms with Gasteiger partial charge in [-0.05, 0) is 24.3 Å². The lowest BCUT2D eigenvalue weighted by atomic mass is 10.2. The first-order chi connectivity index (χ1) is 12.0. The number of carbonyl (C=O) groups excluding carboxylic acids is 1. The molecule has 2 aromatic carbocycles. The predicted molar refractivity (Wildman–Crippen MR) is 97.7 cm³/mol. The van der Waals surface area contributed by atoms with Crippen LogP contribution in [0.4, 0.5) is 0 Å². The Hall–Kier alpha value is -2.64. The fourth-order valence-electron chi connectivity index (χ4n) is 2.85. The lowest BCUT2D eigenvalue weighted by Gasteiger charge is -2.08. The lowest BCUT2D eigenvalue weighted by molar-refractivity contribution is 0.0606. The monoisotopic (exact) mass is 371 g/mol. The Kier molecular flexibility index (Phi) is 3.63. The summed E-state index contributed by atoms with van der Waals surface area (Å²) in [5.74, 6) is -0.478. The van der Waals surface area contributed by atoms with Crippen LogP contribution in [0.15, 0.2) is 65.6 Å². The van der Waals surface area contributed by atoms with E-state index in [1.165, 1.54) is 11.1 Å². The summed E-state index contributed by atoms with van der Waals surface area (Å²) in [6, 6.07) is 17.2. The number of methoxy groups -OCH3 is 1. The molecule has 0 fully saturated rings. The van der Waals surface area contributed by atoms with E-state index in [1.807, 2.05) is 12.1 Å². The van der Waals surface area contributed by atoms with Crippen molar-refractivity contribution in [3.8, 4) is 0 Å². The summed E-state index contributed by atoms with van der Waals surface area (Å²) >= 11 is 1.11. The van der Waals surface area contributed by atoms with Crippen LogP contribution in [-0.4, -0.2) is 25.5 Å². The van der Waals surface area contributed by atoms with Gasteiger partial charge in [0.05, 0.1) is 17.5 Å². The number of rotatable bonds is 3. The second-order valence-corrected chi connectivity index (χ2v) is 8.24. The van der Waals surface area contributed by atoms with E-state index in [9.17, 15) is 13.2 Å². The van der Waals surface area contributed by atoms with Gasteiger partial charge in [0, 0.05) is 10.8 Å². The second-order valence-electron chi connectivity index (χ2n) is 5.42. The van der Waals surface area contributed by atoms with Crippen LogP contribution < -0.4 is 0 Å². The summed E-state index contributed by atoms with van der Waals surface area (Å²) in [7, 11) is -2.49. The molecule has 25 heavy (non-hydrogen) atoms. The number of ether oxygens (including phenoxy) is 1. The van der Waals surface area contributed by atoms with Gasteiger partial charge in [-0.2, -0.15) is 0 Å². The van der Waals surface area contributed by atoms with E-state index in [4.69, 9.17) is 4.74 Å². The molecular formula is C18H13NO4S2. The zero-order valence-electron chi connectivity index (χ0n) is 13.2. The zero-order chi connectivity index (χ0) is 17.6. The van der Waals surface area contributed by atoms with E-state index in [2.05, 4.69) is 0 Å². The Morgan fingerprint density at radius 3 is 2.40 bits per heavy atom. The van der Waals surface area contributed by atoms with Crippen LogP contribution in [0, 0.1) is 0 Å². The SMILES string of the molecule is COC(=O)c1cc2c3ccccc3n(S(=O)(=O)c3ccccc3)c2s1. The average molecular weight is 371 g/mol. The quantitative estimate of drug-likeness (QED) is 0.513. The Balaban J connectivity index is 2.11. The average Bonchev–Trinajstić information content (AvgIpc) is 3.19. The zero-order valence-corrected chi connectivity index (χ0v) is 14.8. The van der Waals surface area contributed by atoms with Crippen LogP contribution in [0.2, 0.25) is 0 Å². The van der Waals surface area contributed by atoms with Gasteiger partial charge in [0.1, 0.15) is 9.71 Å². The molecule has 0 aliphatic carbocycles. The van der Waals surface area contributed by atoms with Crippen LogP contribution in [0.25, 0.3) is 21.1 Å². The van der Waals surface area contributed by atoms with Crippen LogP contribution >= 0.6 is 11.3 Å². The normalized spacial score (nSPS) is 11.9. The van der Waals surface area contributed by atoms with E-state index in [1.54, 1.807) is 48.5 Å². The van der Waals surface area contributed by atoms with Crippen molar-refractivity contribution in [1.29, 1.82) is 0 Å². The number of esters is 1. The van der Waals surface area contributed by atoms with Crippen molar-refractivity contribution in [3.05, 3.63) is 65.5 Å². The van der Waals surface area contributed by atoms with Crippen LogP contribution in [0.1, 0.15) is 9.67 Å². The Morgan fingerprint density at radius 2 is 1.68 bits per heavy atom. The number of nitrogens with zero attached hydrogens (tertiary/aromatic N) is 1. The molecule has 4 aromatic rings. The van der Waals surface area contributed by atoms with E-state index < -0.39 is 16.0 Å². The summed E-state index contributed by atoms with van der Waals surface area (Å²) in [6.45, 7) is 0. The first-order valence-electron chi connectivity index (χ1n) is 7.46. The highest BCUT2D eigenvalue weighted by atomic mass is 32.2. The molecule has 126 valence electrons. The third-order valence-corrected chi connectivity index (χ3v) is 6.92. The largest absolute Gasteiger partial charge is 0.465 e. The van der Waals surface area contributed by atoms with E-state index in [0.29, 0.717) is 15.2 Å². The van der Waals surface area contributed by atoms with Gasteiger partial charge in [0.2, 0.25) is 0 Å².